The molecule has 0 atom stereocenters. The van der Waals surface area contributed by atoms with Gasteiger partial charge in [-0.2, -0.15) is 0 Å². The fraction of sp³-hybridized carbons (Fsp3) is 0.467. The molecule has 2 rings (SSSR count). The van der Waals surface area contributed by atoms with Crippen molar-refractivity contribution in [2.24, 2.45) is 0 Å². The molecule has 96 valence electrons. The summed E-state index contributed by atoms with van der Waals surface area (Å²) in [6.45, 7) is 2.14. The molecule has 0 aliphatic heterocycles. The number of carbonyl (C=O) groups excluding carboxylic acids is 2. The second kappa shape index (κ2) is 5.80. The highest BCUT2D eigenvalue weighted by molar-refractivity contribution is 5.98. The smallest absolute Gasteiger partial charge is 0.163 e. The van der Waals surface area contributed by atoms with E-state index in [2.05, 4.69) is 0 Å². The molecule has 0 saturated carbocycles. The molecule has 0 radical (unpaired) electrons. The third-order valence-corrected chi connectivity index (χ3v) is 3.17. The Kier molecular flexibility index (Phi) is 4.13. The summed E-state index contributed by atoms with van der Waals surface area (Å²) in [4.78, 5) is 22.4. The molecule has 0 unspecified atom stereocenters. The number of carbonyl (C=O) groups is 2. The van der Waals surface area contributed by atoms with E-state index >= 15 is 0 Å². The topological polar surface area (TPSA) is 43.4 Å². The number of fused-ring (bicyclic) bond motifs is 1. The molecule has 1 aromatic carbocycles. The molecule has 18 heavy (non-hydrogen) atoms. The van der Waals surface area contributed by atoms with Crippen molar-refractivity contribution in [1.29, 1.82) is 0 Å². The van der Waals surface area contributed by atoms with Crippen LogP contribution in [0.3, 0.4) is 0 Å². The maximum absolute atomic E-state index is 11.7. The molecule has 3 nitrogen and oxygen atoms in total. The first-order valence-electron chi connectivity index (χ1n) is 6.45. The van der Waals surface area contributed by atoms with Gasteiger partial charge in [0.1, 0.15) is 11.5 Å². The number of aryl methyl sites for hydroxylation is 1. The van der Waals surface area contributed by atoms with Crippen molar-refractivity contribution in [2.75, 3.05) is 6.61 Å². The lowest BCUT2D eigenvalue weighted by atomic mass is 9.90. The maximum Gasteiger partial charge on any atom is 0.163 e. The zero-order valence-electron chi connectivity index (χ0n) is 10.7. The van der Waals surface area contributed by atoms with E-state index in [0.29, 0.717) is 19.4 Å². The van der Waals surface area contributed by atoms with Gasteiger partial charge in [-0.25, -0.2) is 0 Å². The normalized spacial score (nSPS) is 14.2. The first-order chi connectivity index (χ1) is 8.66. The quantitative estimate of drug-likeness (QED) is 0.750. The summed E-state index contributed by atoms with van der Waals surface area (Å²) in [7, 11) is 0. The van der Waals surface area contributed by atoms with Gasteiger partial charge in [-0.3, -0.25) is 4.79 Å². The van der Waals surface area contributed by atoms with Gasteiger partial charge in [-0.05, 0) is 49.9 Å². The minimum atomic E-state index is 0.189. The van der Waals surface area contributed by atoms with Gasteiger partial charge >= 0.3 is 0 Å². The fourth-order valence-electron chi connectivity index (χ4n) is 2.22. The standard InChI is InChI=1S/C15H18O3/c1-11(16)4-3-9-18-13-7-8-14-12(10-13)5-2-6-15(14)17/h7-8,10H,2-6,9H2,1H3. The monoisotopic (exact) mass is 246 g/mol. The number of rotatable bonds is 5. The van der Waals surface area contributed by atoms with Gasteiger partial charge in [0.2, 0.25) is 0 Å². The summed E-state index contributed by atoms with van der Waals surface area (Å²) < 4.78 is 5.59. The summed E-state index contributed by atoms with van der Waals surface area (Å²) in [6.07, 6.45) is 3.84. The van der Waals surface area contributed by atoms with Gasteiger partial charge in [-0.15, -0.1) is 0 Å². The number of hydrogen-bond acceptors (Lipinski definition) is 3. The van der Waals surface area contributed by atoms with Gasteiger partial charge in [0.05, 0.1) is 6.61 Å². The van der Waals surface area contributed by atoms with E-state index < -0.39 is 0 Å². The van der Waals surface area contributed by atoms with Crippen molar-refractivity contribution in [1.82, 2.24) is 0 Å². The van der Waals surface area contributed by atoms with Crippen molar-refractivity contribution in [2.45, 2.75) is 39.0 Å². The van der Waals surface area contributed by atoms with Crippen LogP contribution in [-0.2, 0) is 11.2 Å². The highest BCUT2D eigenvalue weighted by Crippen LogP contribution is 2.25. The van der Waals surface area contributed by atoms with Gasteiger partial charge in [0.25, 0.3) is 0 Å². The Hall–Kier alpha value is -1.64. The second-order valence-corrected chi connectivity index (χ2v) is 4.75. The number of ketones is 2. The first kappa shape index (κ1) is 12.8. The van der Waals surface area contributed by atoms with Crippen molar-refractivity contribution in [3.8, 4) is 5.75 Å². The van der Waals surface area contributed by atoms with E-state index in [1.807, 2.05) is 18.2 Å². The van der Waals surface area contributed by atoms with E-state index in [0.717, 1.165) is 36.1 Å². The number of benzene rings is 1. The third kappa shape index (κ3) is 3.19. The molecule has 0 amide bonds. The van der Waals surface area contributed by atoms with E-state index in [-0.39, 0.29) is 11.6 Å². The maximum atomic E-state index is 11.7. The molecular formula is C15H18O3. The van der Waals surface area contributed by atoms with Gasteiger partial charge < -0.3 is 9.53 Å². The Balaban J connectivity index is 1.94. The Morgan fingerprint density at radius 2 is 2.17 bits per heavy atom. The molecule has 0 fully saturated rings. The van der Waals surface area contributed by atoms with Crippen LogP contribution in [0.2, 0.25) is 0 Å². The van der Waals surface area contributed by atoms with Crippen LogP contribution in [0.1, 0.15) is 48.5 Å². The molecule has 1 aliphatic rings. The zero-order chi connectivity index (χ0) is 13.0. The Labute approximate surface area is 107 Å². The first-order valence-corrected chi connectivity index (χ1v) is 6.45. The van der Waals surface area contributed by atoms with Crippen LogP contribution in [0, 0.1) is 0 Å². The molecule has 0 saturated heterocycles. The predicted octanol–water partition coefficient (Wildman–Crippen LogP) is 2.95. The number of Topliss-reactive ketones (excluding diaryl/α,β-unsaturated/α-hetero) is 2. The zero-order valence-corrected chi connectivity index (χ0v) is 10.7. The SMILES string of the molecule is CC(=O)CCCOc1ccc2c(c1)CCCC2=O. The molecule has 0 spiro atoms. The van der Waals surface area contributed by atoms with Crippen LogP contribution >= 0.6 is 0 Å². The van der Waals surface area contributed by atoms with Crippen molar-refractivity contribution in [3.05, 3.63) is 29.3 Å². The van der Waals surface area contributed by atoms with Gasteiger partial charge in [0, 0.05) is 18.4 Å². The van der Waals surface area contributed by atoms with E-state index in [1.54, 1.807) is 6.92 Å². The van der Waals surface area contributed by atoms with Crippen LogP contribution in [-0.4, -0.2) is 18.2 Å². The van der Waals surface area contributed by atoms with Crippen LogP contribution in [0.25, 0.3) is 0 Å². The minimum absolute atomic E-state index is 0.189. The van der Waals surface area contributed by atoms with Crippen LogP contribution in [0.5, 0.6) is 5.75 Å². The highest BCUT2D eigenvalue weighted by Gasteiger charge is 2.17. The molecule has 0 heterocycles. The summed E-state index contributed by atoms with van der Waals surface area (Å²) in [5, 5.41) is 0. The average molecular weight is 246 g/mol. The second-order valence-electron chi connectivity index (χ2n) is 4.75. The summed E-state index contributed by atoms with van der Waals surface area (Å²) in [6, 6.07) is 5.66. The van der Waals surface area contributed by atoms with Crippen molar-refractivity contribution in [3.63, 3.8) is 0 Å². The molecule has 0 bridgehead atoms. The van der Waals surface area contributed by atoms with E-state index in [1.165, 1.54) is 0 Å². The lowest BCUT2D eigenvalue weighted by Gasteiger charge is -2.15. The molecule has 0 aromatic heterocycles. The highest BCUT2D eigenvalue weighted by atomic mass is 16.5. The Morgan fingerprint density at radius 1 is 1.33 bits per heavy atom. The lowest BCUT2D eigenvalue weighted by Crippen LogP contribution is -2.11. The summed E-state index contributed by atoms with van der Waals surface area (Å²) in [5.74, 6) is 1.22. The predicted molar refractivity (Wildman–Crippen MR) is 69.1 cm³/mol. The number of ether oxygens (including phenoxy) is 1. The molecule has 1 aromatic rings. The van der Waals surface area contributed by atoms with Crippen molar-refractivity contribution < 1.29 is 14.3 Å². The van der Waals surface area contributed by atoms with Gasteiger partial charge in [0.15, 0.2) is 5.78 Å². The van der Waals surface area contributed by atoms with E-state index in [9.17, 15) is 9.59 Å². The van der Waals surface area contributed by atoms with Crippen molar-refractivity contribution >= 4 is 11.6 Å². The average Bonchev–Trinajstić information content (AvgIpc) is 2.35. The molecule has 3 heteroatoms. The third-order valence-electron chi connectivity index (χ3n) is 3.17. The lowest BCUT2D eigenvalue weighted by molar-refractivity contribution is -0.117. The Morgan fingerprint density at radius 3 is 2.94 bits per heavy atom. The van der Waals surface area contributed by atoms with Crippen LogP contribution in [0.15, 0.2) is 18.2 Å². The summed E-state index contributed by atoms with van der Waals surface area (Å²) >= 11 is 0. The van der Waals surface area contributed by atoms with Crippen LogP contribution in [0.4, 0.5) is 0 Å². The summed E-state index contributed by atoms with van der Waals surface area (Å²) in [5.41, 5.74) is 1.94. The molecular weight excluding hydrogens is 228 g/mol. The van der Waals surface area contributed by atoms with Gasteiger partial charge in [-0.1, -0.05) is 0 Å². The fourth-order valence-corrected chi connectivity index (χ4v) is 2.22. The Bertz CT molecular complexity index is 463. The van der Waals surface area contributed by atoms with E-state index in [4.69, 9.17) is 4.74 Å². The van der Waals surface area contributed by atoms with Crippen LogP contribution < -0.4 is 4.74 Å². The number of hydrogen-bond donors (Lipinski definition) is 0. The minimum Gasteiger partial charge on any atom is -0.494 e. The molecule has 1 aliphatic carbocycles. The largest absolute Gasteiger partial charge is 0.494 e. The molecule has 0 N–H and O–H groups in total.